The van der Waals surface area contributed by atoms with Crippen LogP contribution in [0.2, 0.25) is 0 Å². The first-order valence-corrected chi connectivity index (χ1v) is 4.38. The van der Waals surface area contributed by atoms with Crippen molar-refractivity contribution in [1.29, 1.82) is 0 Å². The second-order valence-electron chi connectivity index (χ2n) is 2.16. The number of aliphatic hydroxyl groups is 1. The average molecular weight is 174 g/mol. The Morgan fingerprint density at radius 3 is 2.75 bits per heavy atom. The van der Waals surface area contributed by atoms with Crippen LogP contribution in [-0.2, 0) is 9.47 Å². The van der Waals surface area contributed by atoms with Crippen LogP contribution < -0.4 is 0 Å². The molecule has 72 valence electrons. The third-order valence-electron chi connectivity index (χ3n) is 1.39. The van der Waals surface area contributed by atoms with Crippen LogP contribution in [0.3, 0.4) is 0 Å². The molecule has 1 rings (SSSR count). The Kier molecular flexibility index (Phi) is 8.44. The molecule has 0 radical (unpaired) electrons. The summed E-state index contributed by atoms with van der Waals surface area (Å²) in [5.41, 5.74) is 0. The van der Waals surface area contributed by atoms with Gasteiger partial charge < -0.3 is 14.6 Å². The molecule has 0 aromatic heterocycles. The van der Waals surface area contributed by atoms with E-state index in [0.29, 0.717) is 13.2 Å². The van der Waals surface area contributed by atoms with Crippen LogP contribution in [0.15, 0.2) is 12.2 Å². The van der Waals surface area contributed by atoms with Gasteiger partial charge in [0.1, 0.15) is 6.79 Å². The molecule has 0 aromatic rings. The average Bonchev–Trinajstić information content (AvgIpc) is 2.19. The molecule has 0 aromatic carbocycles. The summed E-state index contributed by atoms with van der Waals surface area (Å²) >= 11 is 0. The fraction of sp³-hybridized carbons (Fsp3) is 0.778. The first kappa shape index (κ1) is 11.6. The normalized spacial score (nSPS) is 21.4. The molecule has 0 saturated carbocycles. The monoisotopic (exact) mass is 174 g/mol. The molecular formula is C9H18O3. The van der Waals surface area contributed by atoms with Crippen LogP contribution in [0.25, 0.3) is 0 Å². The molecule has 1 atom stereocenters. The van der Waals surface area contributed by atoms with Gasteiger partial charge in [-0.1, -0.05) is 26.0 Å². The van der Waals surface area contributed by atoms with Gasteiger partial charge in [0.15, 0.2) is 0 Å². The van der Waals surface area contributed by atoms with E-state index in [2.05, 4.69) is 6.08 Å². The quantitative estimate of drug-likeness (QED) is 0.518. The maximum absolute atomic E-state index is 8.30. The van der Waals surface area contributed by atoms with Crippen LogP contribution in [0, 0.1) is 0 Å². The summed E-state index contributed by atoms with van der Waals surface area (Å²) in [5, 5.41) is 8.30. The Hall–Kier alpha value is -0.380. The molecule has 1 aliphatic heterocycles. The van der Waals surface area contributed by atoms with Gasteiger partial charge >= 0.3 is 0 Å². The van der Waals surface area contributed by atoms with Crippen LogP contribution in [0.4, 0.5) is 0 Å². The first-order chi connectivity index (χ1) is 5.93. The lowest BCUT2D eigenvalue weighted by Crippen LogP contribution is -2.21. The molecule has 0 aliphatic carbocycles. The SMILES string of the molecule is CC.OCOCC1CC=CCO1. The lowest BCUT2D eigenvalue weighted by molar-refractivity contribution is -0.0609. The van der Waals surface area contributed by atoms with Crippen LogP contribution in [-0.4, -0.2) is 31.2 Å². The minimum Gasteiger partial charge on any atom is -0.371 e. The van der Waals surface area contributed by atoms with Gasteiger partial charge in [-0.05, 0) is 6.42 Å². The highest BCUT2D eigenvalue weighted by atomic mass is 16.6. The number of rotatable bonds is 3. The summed E-state index contributed by atoms with van der Waals surface area (Å²) in [4.78, 5) is 0. The van der Waals surface area contributed by atoms with Crippen LogP contribution in [0.1, 0.15) is 20.3 Å². The van der Waals surface area contributed by atoms with Crippen LogP contribution >= 0.6 is 0 Å². The zero-order chi connectivity index (χ0) is 9.23. The number of ether oxygens (including phenoxy) is 2. The summed E-state index contributed by atoms with van der Waals surface area (Å²) in [6.45, 7) is 4.93. The maximum atomic E-state index is 8.30. The summed E-state index contributed by atoms with van der Waals surface area (Å²) in [5.74, 6) is 0. The van der Waals surface area contributed by atoms with Crippen molar-refractivity contribution in [3.05, 3.63) is 12.2 Å². The van der Waals surface area contributed by atoms with Crippen molar-refractivity contribution in [3.8, 4) is 0 Å². The van der Waals surface area contributed by atoms with E-state index in [9.17, 15) is 0 Å². The molecule has 0 bridgehead atoms. The van der Waals surface area contributed by atoms with Gasteiger partial charge in [0.2, 0.25) is 0 Å². The molecule has 12 heavy (non-hydrogen) atoms. The molecule has 0 saturated heterocycles. The van der Waals surface area contributed by atoms with E-state index in [1.807, 2.05) is 19.9 Å². The maximum Gasteiger partial charge on any atom is 0.143 e. The van der Waals surface area contributed by atoms with Crippen molar-refractivity contribution in [3.63, 3.8) is 0 Å². The predicted octanol–water partition coefficient (Wildman–Crippen LogP) is 1.32. The van der Waals surface area contributed by atoms with Crippen molar-refractivity contribution < 1.29 is 14.6 Å². The van der Waals surface area contributed by atoms with Crippen molar-refractivity contribution in [2.45, 2.75) is 26.4 Å². The van der Waals surface area contributed by atoms with Gasteiger partial charge in [-0.25, -0.2) is 0 Å². The van der Waals surface area contributed by atoms with Crippen molar-refractivity contribution in [1.82, 2.24) is 0 Å². The van der Waals surface area contributed by atoms with E-state index in [1.165, 1.54) is 0 Å². The molecule has 1 unspecified atom stereocenters. The smallest absolute Gasteiger partial charge is 0.143 e. The second-order valence-corrected chi connectivity index (χ2v) is 2.16. The van der Waals surface area contributed by atoms with E-state index in [4.69, 9.17) is 14.6 Å². The molecule has 3 nitrogen and oxygen atoms in total. The molecule has 1 N–H and O–H groups in total. The highest BCUT2D eigenvalue weighted by Gasteiger charge is 2.08. The van der Waals surface area contributed by atoms with E-state index >= 15 is 0 Å². The van der Waals surface area contributed by atoms with E-state index < -0.39 is 0 Å². The molecule has 3 heteroatoms. The second kappa shape index (κ2) is 8.71. The summed E-state index contributed by atoms with van der Waals surface area (Å²) in [6.07, 6.45) is 5.07. The van der Waals surface area contributed by atoms with Crippen molar-refractivity contribution in [2.75, 3.05) is 20.0 Å². The van der Waals surface area contributed by atoms with Gasteiger partial charge in [-0.2, -0.15) is 0 Å². The van der Waals surface area contributed by atoms with E-state index in [1.54, 1.807) is 0 Å². The standard InChI is InChI=1S/C7H12O3.C2H6/c8-6-9-5-7-3-1-2-4-10-7;1-2/h1-2,7-8H,3-6H2;1-2H3. The number of hydrogen-bond acceptors (Lipinski definition) is 3. The highest BCUT2D eigenvalue weighted by Crippen LogP contribution is 2.05. The minimum atomic E-state index is -0.219. The Balaban J connectivity index is 0.000000561. The Labute approximate surface area is 74.0 Å². The van der Waals surface area contributed by atoms with Crippen molar-refractivity contribution in [2.24, 2.45) is 0 Å². The fourth-order valence-electron chi connectivity index (χ4n) is 0.876. The molecule has 1 heterocycles. The number of hydrogen-bond donors (Lipinski definition) is 1. The van der Waals surface area contributed by atoms with Gasteiger partial charge in [0.25, 0.3) is 0 Å². The molecule has 0 amide bonds. The van der Waals surface area contributed by atoms with Gasteiger partial charge in [0, 0.05) is 0 Å². The summed E-state index contributed by atoms with van der Waals surface area (Å²) < 4.78 is 10.0. The Morgan fingerprint density at radius 1 is 1.50 bits per heavy atom. The fourth-order valence-corrected chi connectivity index (χ4v) is 0.876. The van der Waals surface area contributed by atoms with Gasteiger partial charge in [-0.3, -0.25) is 0 Å². The summed E-state index contributed by atoms with van der Waals surface area (Å²) in [6, 6.07) is 0. The summed E-state index contributed by atoms with van der Waals surface area (Å²) in [7, 11) is 0. The van der Waals surface area contributed by atoms with Crippen molar-refractivity contribution >= 4 is 0 Å². The largest absolute Gasteiger partial charge is 0.371 e. The van der Waals surface area contributed by atoms with E-state index in [-0.39, 0.29) is 12.9 Å². The Bertz CT molecular complexity index is 112. The topological polar surface area (TPSA) is 38.7 Å². The lowest BCUT2D eigenvalue weighted by Gasteiger charge is -2.17. The first-order valence-electron chi connectivity index (χ1n) is 4.38. The minimum absolute atomic E-state index is 0.136. The third-order valence-corrected chi connectivity index (χ3v) is 1.39. The van der Waals surface area contributed by atoms with E-state index in [0.717, 1.165) is 6.42 Å². The molecule has 0 fully saturated rings. The number of aliphatic hydroxyl groups excluding tert-OH is 1. The predicted molar refractivity (Wildman–Crippen MR) is 47.9 cm³/mol. The Morgan fingerprint density at radius 2 is 2.25 bits per heavy atom. The molecular weight excluding hydrogens is 156 g/mol. The van der Waals surface area contributed by atoms with Gasteiger partial charge in [-0.15, -0.1) is 0 Å². The van der Waals surface area contributed by atoms with Gasteiger partial charge in [0.05, 0.1) is 19.3 Å². The lowest BCUT2D eigenvalue weighted by atomic mass is 10.2. The zero-order valence-corrected chi connectivity index (χ0v) is 7.82. The van der Waals surface area contributed by atoms with Crippen LogP contribution in [0.5, 0.6) is 0 Å². The molecule has 0 spiro atoms. The zero-order valence-electron chi connectivity index (χ0n) is 7.82. The molecule has 1 aliphatic rings. The third kappa shape index (κ3) is 5.29. The highest BCUT2D eigenvalue weighted by molar-refractivity contribution is 4.88.